The van der Waals surface area contributed by atoms with E-state index >= 15 is 0 Å². The maximum Gasteiger partial charge on any atom is 0.272 e. The Kier molecular flexibility index (Phi) is 7.68. The Morgan fingerprint density at radius 3 is 2.52 bits per heavy atom. The number of carbonyl (C=O) groups excluding carboxylic acids is 3. The molecule has 11 heteroatoms. The number of hydrogen-bond donors (Lipinski definition) is 2. The molecule has 0 radical (unpaired) electrons. The van der Waals surface area contributed by atoms with Crippen LogP contribution in [0.25, 0.3) is 5.82 Å². The van der Waals surface area contributed by atoms with Gasteiger partial charge in [-0.3, -0.25) is 19.0 Å². The van der Waals surface area contributed by atoms with Crippen molar-refractivity contribution in [1.29, 1.82) is 0 Å². The molecule has 3 aromatic rings. The molecule has 1 aromatic carbocycles. The van der Waals surface area contributed by atoms with Gasteiger partial charge in [0.05, 0.1) is 22.8 Å². The average molecular weight is 634 g/mol. The number of nitrogens with one attached hydrogen (secondary N) is 2. The molecule has 0 bridgehead atoms. The van der Waals surface area contributed by atoms with Crippen LogP contribution in [0.4, 0.5) is 5.69 Å². The van der Waals surface area contributed by atoms with Gasteiger partial charge in [0.25, 0.3) is 11.8 Å². The third-order valence-electron chi connectivity index (χ3n) is 4.02. The zero-order valence-corrected chi connectivity index (χ0v) is 21.4. The third-order valence-corrected chi connectivity index (χ3v) is 5.83. The summed E-state index contributed by atoms with van der Waals surface area (Å²) in [6, 6.07) is 8.22. The van der Waals surface area contributed by atoms with Crippen molar-refractivity contribution in [2.75, 3.05) is 11.9 Å². The molecule has 0 saturated heterocycles. The molecule has 3 rings (SSSR count). The average Bonchev–Trinajstić information content (AvgIpc) is 3.09. The number of ketones is 1. The first kappa shape index (κ1) is 23.6. The fourth-order valence-electron chi connectivity index (χ4n) is 2.69. The van der Waals surface area contributed by atoms with Gasteiger partial charge >= 0.3 is 0 Å². The van der Waals surface area contributed by atoms with Gasteiger partial charge in [-0.05, 0) is 69.1 Å². The molecule has 0 spiro atoms. The monoisotopic (exact) mass is 630 g/mol. The number of pyridine rings is 1. The summed E-state index contributed by atoms with van der Waals surface area (Å²) in [6.45, 7) is 1.25. The molecule has 160 valence electrons. The fourth-order valence-corrected chi connectivity index (χ4v) is 4.65. The van der Waals surface area contributed by atoms with Crippen LogP contribution in [-0.2, 0) is 4.79 Å². The molecule has 0 saturated carbocycles. The van der Waals surface area contributed by atoms with E-state index < -0.39 is 11.8 Å². The van der Waals surface area contributed by atoms with E-state index in [2.05, 4.69) is 63.4 Å². The number of halogens is 4. The van der Waals surface area contributed by atoms with Crippen molar-refractivity contribution in [2.45, 2.75) is 6.92 Å². The Bertz CT molecular complexity index is 1200. The van der Waals surface area contributed by atoms with E-state index in [9.17, 15) is 14.4 Å². The molecule has 0 atom stereocenters. The van der Waals surface area contributed by atoms with E-state index in [-0.39, 0.29) is 29.3 Å². The molecule has 0 unspecified atom stereocenters. The highest BCUT2D eigenvalue weighted by molar-refractivity contribution is 9.11. The minimum absolute atomic E-state index is 0.121. The van der Waals surface area contributed by atoms with Gasteiger partial charge in [-0.1, -0.05) is 27.5 Å². The van der Waals surface area contributed by atoms with Crippen LogP contribution in [0.1, 0.15) is 27.8 Å². The summed E-state index contributed by atoms with van der Waals surface area (Å²) in [5, 5.41) is 5.67. The van der Waals surface area contributed by atoms with Gasteiger partial charge in [-0.15, -0.1) is 0 Å². The van der Waals surface area contributed by atoms with Gasteiger partial charge in [-0.25, -0.2) is 4.98 Å². The van der Waals surface area contributed by atoms with E-state index in [0.29, 0.717) is 24.3 Å². The molecule has 2 amide bonds. The van der Waals surface area contributed by atoms with Gasteiger partial charge in [0, 0.05) is 25.8 Å². The van der Waals surface area contributed by atoms with Crippen molar-refractivity contribution in [2.24, 2.45) is 0 Å². The predicted octanol–water partition coefficient (Wildman–Crippen LogP) is 5.38. The summed E-state index contributed by atoms with van der Waals surface area (Å²) in [5.41, 5.74) is 0.687. The van der Waals surface area contributed by atoms with Crippen LogP contribution in [-0.4, -0.2) is 33.7 Å². The number of nitrogens with zero attached hydrogens (tertiary/aromatic N) is 2. The van der Waals surface area contributed by atoms with Crippen molar-refractivity contribution in [3.8, 4) is 5.82 Å². The van der Waals surface area contributed by atoms with Crippen LogP contribution >= 0.6 is 59.4 Å². The Balaban J connectivity index is 1.99. The zero-order chi connectivity index (χ0) is 22.7. The lowest BCUT2D eigenvalue weighted by molar-refractivity contribution is -0.116. The Labute approximate surface area is 207 Å². The second-order valence-electron chi connectivity index (χ2n) is 6.37. The largest absolute Gasteiger partial charge is 0.345 e. The molecule has 7 nitrogen and oxygen atoms in total. The van der Waals surface area contributed by atoms with Crippen LogP contribution in [0.3, 0.4) is 0 Å². The van der Waals surface area contributed by atoms with Crippen molar-refractivity contribution >= 4 is 82.7 Å². The highest BCUT2D eigenvalue weighted by Crippen LogP contribution is 2.32. The molecule has 2 heterocycles. The molecular weight excluding hydrogens is 619 g/mol. The van der Waals surface area contributed by atoms with Crippen molar-refractivity contribution < 1.29 is 14.4 Å². The van der Waals surface area contributed by atoms with Crippen LogP contribution < -0.4 is 10.6 Å². The maximum absolute atomic E-state index is 13.2. The topological polar surface area (TPSA) is 93.1 Å². The molecule has 31 heavy (non-hydrogen) atoms. The summed E-state index contributed by atoms with van der Waals surface area (Å²) in [5.74, 6) is -0.801. The number of aromatic nitrogens is 2. The van der Waals surface area contributed by atoms with Gasteiger partial charge in [0.2, 0.25) is 0 Å². The number of benzene rings is 1. The first-order chi connectivity index (χ1) is 14.7. The fraction of sp³-hybridized carbons (Fsp3) is 0.100. The minimum atomic E-state index is -0.503. The number of carbonyl (C=O) groups is 3. The smallest absolute Gasteiger partial charge is 0.272 e. The molecule has 0 fully saturated rings. The Morgan fingerprint density at radius 1 is 1.10 bits per heavy atom. The summed E-state index contributed by atoms with van der Waals surface area (Å²) in [7, 11) is 0. The number of rotatable bonds is 6. The number of anilines is 1. The molecule has 0 aliphatic carbocycles. The molecule has 2 aromatic heterocycles. The normalized spacial score (nSPS) is 10.6. The van der Waals surface area contributed by atoms with Gasteiger partial charge in [0.15, 0.2) is 5.82 Å². The van der Waals surface area contributed by atoms with Gasteiger partial charge < -0.3 is 10.6 Å². The Morgan fingerprint density at radius 2 is 1.84 bits per heavy atom. The summed E-state index contributed by atoms with van der Waals surface area (Å²) in [4.78, 5) is 41.3. The van der Waals surface area contributed by atoms with Crippen LogP contribution in [0.15, 0.2) is 56.1 Å². The lowest BCUT2D eigenvalue weighted by Crippen LogP contribution is -2.29. The number of amides is 2. The molecule has 0 aliphatic rings. The first-order valence-electron chi connectivity index (χ1n) is 8.74. The SMILES string of the molecule is CC(=O)CNC(=O)c1cc(Br)cc(Br)c1NC(=O)c1cc(Br)cn1-c1ncccc1Cl. The number of hydrogen-bond acceptors (Lipinski definition) is 4. The molecule has 2 N–H and O–H groups in total. The first-order valence-corrected chi connectivity index (χ1v) is 11.5. The van der Waals surface area contributed by atoms with E-state index in [1.54, 1.807) is 47.3 Å². The van der Waals surface area contributed by atoms with Crippen LogP contribution in [0, 0.1) is 0 Å². The van der Waals surface area contributed by atoms with Crippen molar-refractivity contribution in [3.05, 3.63) is 72.4 Å². The summed E-state index contributed by atoms with van der Waals surface area (Å²) < 4.78 is 3.30. The molecular formula is C20H14Br3ClN4O3. The highest BCUT2D eigenvalue weighted by Gasteiger charge is 2.22. The lowest BCUT2D eigenvalue weighted by atomic mass is 10.1. The Hall–Kier alpha value is -2.01. The maximum atomic E-state index is 13.2. The minimum Gasteiger partial charge on any atom is -0.345 e. The van der Waals surface area contributed by atoms with E-state index in [1.807, 2.05) is 0 Å². The van der Waals surface area contributed by atoms with Crippen molar-refractivity contribution in [3.63, 3.8) is 0 Å². The predicted molar refractivity (Wildman–Crippen MR) is 129 cm³/mol. The van der Waals surface area contributed by atoms with Crippen LogP contribution in [0.2, 0.25) is 5.02 Å². The second kappa shape index (κ2) is 10.1. The summed E-state index contributed by atoms with van der Waals surface area (Å²) in [6.07, 6.45) is 3.24. The van der Waals surface area contributed by atoms with Crippen molar-refractivity contribution in [1.82, 2.24) is 14.9 Å². The van der Waals surface area contributed by atoms with Gasteiger partial charge in [-0.2, -0.15) is 0 Å². The zero-order valence-electron chi connectivity index (χ0n) is 15.9. The third kappa shape index (κ3) is 5.62. The summed E-state index contributed by atoms with van der Waals surface area (Å²) >= 11 is 16.3. The van der Waals surface area contributed by atoms with E-state index in [0.717, 1.165) is 0 Å². The van der Waals surface area contributed by atoms with Gasteiger partial charge in [0.1, 0.15) is 11.5 Å². The highest BCUT2D eigenvalue weighted by atomic mass is 79.9. The van der Waals surface area contributed by atoms with E-state index in [1.165, 1.54) is 6.92 Å². The molecule has 0 aliphatic heterocycles. The number of Topliss-reactive ketones (excluding diaryl/α,β-unsaturated/α-hetero) is 1. The van der Waals surface area contributed by atoms with Crippen LogP contribution in [0.5, 0.6) is 0 Å². The standard InChI is InChI=1S/C20H14Br3ClN4O3/c1-10(29)8-26-19(30)13-5-11(21)6-14(23)17(13)27-20(31)16-7-12(22)9-28(16)18-15(24)3-2-4-25-18/h2-7,9H,8H2,1H3,(H,26,30)(H,27,31). The van der Waals surface area contributed by atoms with E-state index in [4.69, 9.17) is 11.6 Å². The quantitative estimate of drug-likeness (QED) is 0.381. The second-order valence-corrected chi connectivity index (χ2v) is 9.46. The lowest BCUT2D eigenvalue weighted by Gasteiger charge is -2.15.